The molecule has 1 aliphatic rings. The first-order valence-electron chi connectivity index (χ1n) is 33.7. The van der Waals surface area contributed by atoms with E-state index in [1.165, 1.54) is 276 Å². The molecule has 6 N–H and O–H groups in total. The first-order valence-corrected chi connectivity index (χ1v) is 33.7. The SMILES string of the molecule is CCCCCCCCCC/C=C\CCCCCCCCCCCCCCCCCC(=O)NC(COC1OC(CO)C(O)C(O)C1O)C(O)/C=C/CC/C=C/CCCCCCCCCCCCCCCCCCCCCCC. The van der Waals surface area contributed by atoms with Gasteiger partial charge in [-0.15, -0.1) is 0 Å². The van der Waals surface area contributed by atoms with Gasteiger partial charge in [0.2, 0.25) is 5.91 Å². The number of amides is 1. The van der Waals surface area contributed by atoms with Crippen molar-refractivity contribution < 1.29 is 39.8 Å². The van der Waals surface area contributed by atoms with Crippen LogP contribution in [-0.2, 0) is 14.3 Å². The number of ether oxygens (including phenoxy) is 2. The molecule has 9 heteroatoms. The van der Waals surface area contributed by atoms with Crippen LogP contribution in [0.15, 0.2) is 36.5 Å². The van der Waals surface area contributed by atoms with Gasteiger partial charge in [0.1, 0.15) is 24.4 Å². The molecular weight excluding hydrogens is 959 g/mol. The van der Waals surface area contributed by atoms with Gasteiger partial charge in [0, 0.05) is 6.42 Å². The van der Waals surface area contributed by atoms with Crippen LogP contribution in [0.3, 0.4) is 0 Å². The van der Waals surface area contributed by atoms with E-state index in [0.29, 0.717) is 6.42 Å². The van der Waals surface area contributed by atoms with Crippen LogP contribution in [0.5, 0.6) is 0 Å². The lowest BCUT2D eigenvalue weighted by Crippen LogP contribution is -2.60. The van der Waals surface area contributed by atoms with Crippen molar-refractivity contribution in [3.05, 3.63) is 36.5 Å². The summed E-state index contributed by atoms with van der Waals surface area (Å²) in [5.74, 6) is -0.181. The van der Waals surface area contributed by atoms with E-state index in [9.17, 15) is 30.3 Å². The Morgan fingerprint density at radius 1 is 0.429 bits per heavy atom. The molecule has 1 heterocycles. The Labute approximate surface area is 476 Å². The third-order valence-electron chi connectivity index (χ3n) is 16.2. The maximum absolute atomic E-state index is 13.1. The minimum absolute atomic E-state index is 0.181. The molecule has 77 heavy (non-hydrogen) atoms. The van der Waals surface area contributed by atoms with E-state index in [1.807, 2.05) is 6.08 Å². The summed E-state index contributed by atoms with van der Waals surface area (Å²) in [5, 5.41) is 54.7. The monoisotopic (exact) mass is 1090 g/mol. The standard InChI is InChI=1S/C68H129NO8/c1-3-5-7-9-11-13-15-17-19-21-23-25-27-29-31-33-35-37-39-41-43-45-47-49-51-53-55-57-62(71)61(60-76-68-67(75)66(74)65(73)63(59-70)77-68)69-64(72)58-56-54-52-50-48-46-44-42-40-38-36-34-32-30-28-26-24-22-20-18-16-14-12-10-8-6-4-2/h22,24,47,49,55,57,61-63,65-68,70-71,73-75H,3-21,23,25-46,48,50-54,56,58-60H2,1-2H3,(H,69,72)/b24-22-,49-47+,57-55+. The zero-order valence-corrected chi connectivity index (χ0v) is 50.7. The largest absolute Gasteiger partial charge is 0.394 e. The van der Waals surface area contributed by atoms with Crippen LogP contribution < -0.4 is 5.32 Å². The van der Waals surface area contributed by atoms with E-state index in [4.69, 9.17) is 9.47 Å². The molecule has 7 atom stereocenters. The molecule has 1 aliphatic heterocycles. The number of rotatable bonds is 59. The Balaban J connectivity index is 2.17. The molecule has 1 rings (SSSR count). The zero-order valence-electron chi connectivity index (χ0n) is 50.7. The van der Waals surface area contributed by atoms with E-state index in [0.717, 1.165) is 38.5 Å². The van der Waals surface area contributed by atoms with Gasteiger partial charge < -0.3 is 40.3 Å². The Morgan fingerprint density at radius 3 is 1.09 bits per heavy atom. The molecule has 0 aromatic heterocycles. The van der Waals surface area contributed by atoms with Crippen molar-refractivity contribution in [3.8, 4) is 0 Å². The molecule has 0 bridgehead atoms. The van der Waals surface area contributed by atoms with E-state index in [-0.39, 0.29) is 12.5 Å². The number of hydrogen-bond acceptors (Lipinski definition) is 8. The van der Waals surface area contributed by atoms with E-state index in [1.54, 1.807) is 6.08 Å². The number of aliphatic hydroxyl groups excluding tert-OH is 5. The first-order chi connectivity index (χ1) is 37.8. The second-order valence-corrected chi connectivity index (χ2v) is 23.6. The highest BCUT2D eigenvalue weighted by Crippen LogP contribution is 2.23. The smallest absolute Gasteiger partial charge is 0.220 e. The summed E-state index contributed by atoms with van der Waals surface area (Å²) in [6.45, 7) is 3.81. The fraction of sp³-hybridized carbons (Fsp3) is 0.897. The quantitative estimate of drug-likeness (QED) is 0.0261. The second kappa shape index (κ2) is 57.6. The van der Waals surface area contributed by atoms with Crippen LogP contribution in [0.2, 0.25) is 0 Å². The minimum atomic E-state index is -1.57. The number of hydrogen-bond donors (Lipinski definition) is 6. The number of aliphatic hydroxyl groups is 5. The Hall–Kier alpha value is -1.59. The van der Waals surface area contributed by atoms with Crippen molar-refractivity contribution >= 4 is 5.91 Å². The topological polar surface area (TPSA) is 149 Å². The summed E-state index contributed by atoms with van der Waals surface area (Å²) < 4.78 is 11.3. The molecule has 0 aromatic rings. The lowest BCUT2D eigenvalue weighted by molar-refractivity contribution is -0.302. The van der Waals surface area contributed by atoms with Gasteiger partial charge in [0.15, 0.2) is 6.29 Å². The Bertz CT molecular complexity index is 1310. The molecule has 0 spiro atoms. The minimum Gasteiger partial charge on any atom is -0.394 e. The van der Waals surface area contributed by atoms with E-state index < -0.39 is 49.5 Å². The van der Waals surface area contributed by atoms with Crippen molar-refractivity contribution in [2.45, 2.75) is 378 Å². The Kier molecular flexibility index (Phi) is 55.0. The molecule has 0 aromatic carbocycles. The van der Waals surface area contributed by atoms with Gasteiger partial charge in [-0.05, 0) is 57.8 Å². The summed E-state index contributed by atoms with van der Waals surface area (Å²) in [7, 11) is 0. The molecule has 1 saturated heterocycles. The number of carbonyl (C=O) groups excluding carboxylic acids is 1. The molecule has 7 unspecified atom stereocenters. The lowest BCUT2D eigenvalue weighted by atomic mass is 9.99. The molecule has 9 nitrogen and oxygen atoms in total. The first kappa shape index (κ1) is 73.4. The average molecular weight is 1090 g/mol. The van der Waals surface area contributed by atoms with Crippen LogP contribution in [0.25, 0.3) is 0 Å². The predicted molar refractivity (Wildman–Crippen MR) is 327 cm³/mol. The van der Waals surface area contributed by atoms with Gasteiger partial charge in [-0.2, -0.15) is 0 Å². The summed E-state index contributed by atoms with van der Waals surface area (Å²) in [6.07, 6.45) is 69.6. The van der Waals surface area contributed by atoms with Crippen molar-refractivity contribution in [3.63, 3.8) is 0 Å². The highest BCUT2D eigenvalue weighted by atomic mass is 16.7. The fourth-order valence-corrected chi connectivity index (χ4v) is 10.9. The zero-order chi connectivity index (χ0) is 55.8. The Morgan fingerprint density at radius 2 is 0.740 bits per heavy atom. The van der Waals surface area contributed by atoms with Gasteiger partial charge in [0.05, 0.1) is 25.4 Å². The van der Waals surface area contributed by atoms with Gasteiger partial charge >= 0.3 is 0 Å². The fourth-order valence-electron chi connectivity index (χ4n) is 10.9. The summed E-state index contributed by atoms with van der Waals surface area (Å²) in [5.41, 5.74) is 0. The normalized spacial score (nSPS) is 18.9. The average Bonchev–Trinajstić information content (AvgIpc) is 3.43. The van der Waals surface area contributed by atoms with Crippen molar-refractivity contribution in [1.82, 2.24) is 5.32 Å². The molecular formula is C68H129NO8. The van der Waals surface area contributed by atoms with Crippen molar-refractivity contribution in [2.75, 3.05) is 13.2 Å². The van der Waals surface area contributed by atoms with Gasteiger partial charge in [0.25, 0.3) is 0 Å². The number of unbranched alkanes of at least 4 members (excludes halogenated alkanes) is 45. The number of carbonyl (C=O) groups is 1. The molecule has 454 valence electrons. The number of nitrogens with one attached hydrogen (secondary N) is 1. The summed E-state index contributed by atoms with van der Waals surface area (Å²) in [6, 6.07) is -0.822. The predicted octanol–water partition coefficient (Wildman–Crippen LogP) is 17.9. The number of allylic oxidation sites excluding steroid dienone is 5. The van der Waals surface area contributed by atoms with E-state index in [2.05, 4.69) is 43.5 Å². The van der Waals surface area contributed by atoms with Gasteiger partial charge in [-0.25, -0.2) is 0 Å². The third kappa shape index (κ3) is 46.7. The molecule has 1 amide bonds. The summed E-state index contributed by atoms with van der Waals surface area (Å²) in [4.78, 5) is 13.1. The van der Waals surface area contributed by atoms with Gasteiger partial charge in [-0.1, -0.05) is 307 Å². The molecule has 1 fully saturated rings. The molecule has 0 radical (unpaired) electrons. The van der Waals surface area contributed by atoms with Crippen molar-refractivity contribution in [1.29, 1.82) is 0 Å². The van der Waals surface area contributed by atoms with Crippen molar-refractivity contribution in [2.24, 2.45) is 0 Å². The highest BCUT2D eigenvalue weighted by molar-refractivity contribution is 5.76. The van der Waals surface area contributed by atoms with E-state index >= 15 is 0 Å². The van der Waals surface area contributed by atoms with Gasteiger partial charge in [-0.3, -0.25) is 4.79 Å². The van der Waals surface area contributed by atoms with Crippen LogP contribution in [0.1, 0.15) is 335 Å². The van der Waals surface area contributed by atoms with Crippen LogP contribution in [-0.4, -0.2) is 87.5 Å². The third-order valence-corrected chi connectivity index (χ3v) is 16.2. The van der Waals surface area contributed by atoms with Crippen LogP contribution >= 0.6 is 0 Å². The maximum Gasteiger partial charge on any atom is 0.220 e. The molecule has 0 saturated carbocycles. The van der Waals surface area contributed by atoms with Crippen LogP contribution in [0.4, 0.5) is 0 Å². The maximum atomic E-state index is 13.1. The van der Waals surface area contributed by atoms with Crippen LogP contribution in [0, 0.1) is 0 Å². The highest BCUT2D eigenvalue weighted by Gasteiger charge is 2.44. The second-order valence-electron chi connectivity index (χ2n) is 23.6. The molecule has 0 aliphatic carbocycles. The summed E-state index contributed by atoms with van der Waals surface area (Å²) >= 11 is 0. The lowest BCUT2D eigenvalue weighted by Gasteiger charge is -2.40.